The summed E-state index contributed by atoms with van der Waals surface area (Å²) in [5.74, 6) is -0.870. The Morgan fingerprint density at radius 3 is 2.78 bits per heavy atom. The van der Waals surface area contributed by atoms with E-state index in [-0.39, 0.29) is 23.4 Å². The predicted molar refractivity (Wildman–Crippen MR) is 68.3 cm³/mol. The van der Waals surface area contributed by atoms with Crippen molar-refractivity contribution in [2.75, 3.05) is 18.1 Å². The second-order valence-electron chi connectivity index (χ2n) is 3.99. The van der Waals surface area contributed by atoms with Crippen molar-refractivity contribution in [1.29, 1.82) is 0 Å². The van der Waals surface area contributed by atoms with Gasteiger partial charge >= 0.3 is 5.97 Å². The highest BCUT2D eigenvalue weighted by Gasteiger charge is 2.20. The maximum atomic E-state index is 13.8. The molecule has 0 saturated carbocycles. The number of hydrogen-bond acceptors (Lipinski definition) is 4. The third-order valence-electron chi connectivity index (χ3n) is 2.29. The fourth-order valence-corrected chi connectivity index (χ4v) is 1.61. The Morgan fingerprint density at radius 2 is 2.28 bits per heavy atom. The first-order chi connectivity index (χ1) is 8.45. The number of esters is 1. The van der Waals surface area contributed by atoms with Crippen LogP contribution in [0.1, 0.15) is 20.8 Å². The molecule has 0 unspecified atom stereocenters. The number of carbonyl (C=O) groups is 1. The van der Waals surface area contributed by atoms with Crippen LogP contribution in [0.2, 0.25) is 5.02 Å². The lowest BCUT2D eigenvalue weighted by molar-refractivity contribution is -0.141. The molecule has 6 heteroatoms. The summed E-state index contributed by atoms with van der Waals surface area (Å²) in [6.07, 6.45) is 1.35. The molecule has 100 valence electrons. The summed E-state index contributed by atoms with van der Waals surface area (Å²) < 4.78 is 18.6. The van der Waals surface area contributed by atoms with Crippen molar-refractivity contribution >= 4 is 23.4 Å². The standard InChI is InChI=1S/C12H16ClFN2O2/c1-4-18-11(17)7-16(8(2)3)12-10(14)5-9(13)6-15-12/h5-6,8H,4,7H2,1-3H3. The Kier molecular flexibility index (Phi) is 5.34. The van der Waals surface area contributed by atoms with Crippen molar-refractivity contribution in [3.63, 3.8) is 0 Å². The van der Waals surface area contributed by atoms with Crippen LogP contribution in [-0.2, 0) is 9.53 Å². The largest absolute Gasteiger partial charge is 0.465 e. The Balaban J connectivity index is 2.94. The van der Waals surface area contributed by atoms with Gasteiger partial charge in [-0.15, -0.1) is 0 Å². The van der Waals surface area contributed by atoms with Crippen molar-refractivity contribution in [3.8, 4) is 0 Å². The summed E-state index contributed by atoms with van der Waals surface area (Å²) >= 11 is 5.64. The molecule has 0 radical (unpaired) electrons. The van der Waals surface area contributed by atoms with Crippen molar-refractivity contribution in [1.82, 2.24) is 4.98 Å². The second-order valence-corrected chi connectivity index (χ2v) is 4.42. The maximum absolute atomic E-state index is 13.8. The minimum atomic E-state index is -0.555. The number of carbonyl (C=O) groups excluding carboxylic acids is 1. The van der Waals surface area contributed by atoms with Crippen LogP contribution in [0.5, 0.6) is 0 Å². The van der Waals surface area contributed by atoms with Crippen LogP contribution in [0, 0.1) is 5.82 Å². The van der Waals surface area contributed by atoms with Crippen LogP contribution in [0.3, 0.4) is 0 Å². The fraction of sp³-hybridized carbons (Fsp3) is 0.500. The molecule has 4 nitrogen and oxygen atoms in total. The molecule has 0 N–H and O–H groups in total. The highest BCUT2D eigenvalue weighted by molar-refractivity contribution is 6.30. The monoisotopic (exact) mass is 274 g/mol. The molecule has 0 aliphatic carbocycles. The lowest BCUT2D eigenvalue weighted by Crippen LogP contribution is -2.37. The van der Waals surface area contributed by atoms with E-state index < -0.39 is 11.8 Å². The van der Waals surface area contributed by atoms with Crippen molar-refractivity contribution < 1.29 is 13.9 Å². The third kappa shape index (κ3) is 3.84. The number of rotatable bonds is 5. The lowest BCUT2D eigenvalue weighted by atomic mass is 10.3. The minimum absolute atomic E-state index is 0.0446. The van der Waals surface area contributed by atoms with Crippen molar-refractivity contribution in [2.45, 2.75) is 26.8 Å². The van der Waals surface area contributed by atoms with Gasteiger partial charge in [0.1, 0.15) is 6.54 Å². The Hall–Kier alpha value is -1.36. The van der Waals surface area contributed by atoms with Crippen LogP contribution in [0.25, 0.3) is 0 Å². The molecule has 1 aromatic rings. The molecule has 0 saturated heterocycles. The SMILES string of the molecule is CCOC(=O)CN(c1ncc(Cl)cc1F)C(C)C. The van der Waals surface area contributed by atoms with Gasteiger partial charge in [-0.05, 0) is 26.8 Å². The molecule has 1 heterocycles. The van der Waals surface area contributed by atoms with Crippen LogP contribution in [0.4, 0.5) is 10.2 Å². The zero-order chi connectivity index (χ0) is 13.7. The molecule has 0 aliphatic rings. The summed E-state index contributed by atoms with van der Waals surface area (Å²) in [7, 11) is 0. The summed E-state index contributed by atoms with van der Waals surface area (Å²) in [5.41, 5.74) is 0. The summed E-state index contributed by atoms with van der Waals surface area (Å²) in [6.45, 7) is 5.65. The molecular formula is C12H16ClFN2O2. The fourth-order valence-electron chi connectivity index (χ4n) is 1.47. The van der Waals surface area contributed by atoms with E-state index in [2.05, 4.69) is 4.98 Å². The molecular weight excluding hydrogens is 259 g/mol. The van der Waals surface area contributed by atoms with E-state index in [1.54, 1.807) is 6.92 Å². The first-order valence-electron chi connectivity index (χ1n) is 5.69. The Labute approximate surface area is 111 Å². The minimum Gasteiger partial charge on any atom is -0.465 e. The molecule has 18 heavy (non-hydrogen) atoms. The van der Waals surface area contributed by atoms with Crippen molar-refractivity contribution in [2.24, 2.45) is 0 Å². The molecule has 0 fully saturated rings. The summed E-state index contributed by atoms with van der Waals surface area (Å²) in [6, 6.07) is 1.09. The maximum Gasteiger partial charge on any atom is 0.325 e. The topological polar surface area (TPSA) is 42.4 Å². The highest BCUT2D eigenvalue weighted by atomic mass is 35.5. The third-order valence-corrected chi connectivity index (χ3v) is 2.50. The molecule has 0 aliphatic heterocycles. The van der Waals surface area contributed by atoms with E-state index in [1.165, 1.54) is 17.2 Å². The van der Waals surface area contributed by atoms with E-state index in [4.69, 9.17) is 16.3 Å². The normalized spacial score (nSPS) is 10.6. The van der Waals surface area contributed by atoms with E-state index in [1.807, 2.05) is 13.8 Å². The number of hydrogen-bond donors (Lipinski definition) is 0. The van der Waals surface area contributed by atoms with Gasteiger partial charge in [-0.3, -0.25) is 4.79 Å². The average molecular weight is 275 g/mol. The first-order valence-corrected chi connectivity index (χ1v) is 6.06. The molecule has 0 spiro atoms. The summed E-state index contributed by atoms with van der Waals surface area (Å²) in [4.78, 5) is 16.9. The number of aromatic nitrogens is 1. The van der Waals surface area contributed by atoms with Gasteiger partial charge in [-0.1, -0.05) is 11.6 Å². The van der Waals surface area contributed by atoms with Crippen LogP contribution in [-0.4, -0.2) is 30.1 Å². The number of halogens is 2. The quantitative estimate of drug-likeness (QED) is 0.774. The molecule has 0 atom stereocenters. The van der Waals surface area contributed by atoms with E-state index in [0.717, 1.165) is 0 Å². The Bertz CT molecular complexity index is 427. The van der Waals surface area contributed by atoms with Gasteiger partial charge in [0.05, 0.1) is 11.6 Å². The van der Waals surface area contributed by atoms with E-state index >= 15 is 0 Å². The van der Waals surface area contributed by atoms with Crippen molar-refractivity contribution in [3.05, 3.63) is 23.1 Å². The van der Waals surface area contributed by atoms with Gasteiger partial charge in [0.25, 0.3) is 0 Å². The molecule has 0 amide bonds. The van der Waals surface area contributed by atoms with Crippen LogP contribution in [0.15, 0.2) is 12.3 Å². The van der Waals surface area contributed by atoms with Gasteiger partial charge in [-0.25, -0.2) is 9.37 Å². The molecule has 0 aromatic carbocycles. The highest BCUT2D eigenvalue weighted by Crippen LogP contribution is 2.21. The number of nitrogens with zero attached hydrogens (tertiary/aromatic N) is 2. The van der Waals surface area contributed by atoms with Gasteiger partial charge < -0.3 is 9.64 Å². The zero-order valence-corrected chi connectivity index (χ0v) is 11.4. The molecule has 1 rings (SSSR count). The predicted octanol–water partition coefficient (Wildman–Crippen LogP) is 2.65. The number of ether oxygens (including phenoxy) is 1. The van der Waals surface area contributed by atoms with Gasteiger partial charge in [0.2, 0.25) is 0 Å². The van der Waals surface area contributed by atoms with E-state index in [9.17, 15) is 9.18 Å². The second kappa shape index (κ2) is 6.54. The van der Waals surface area contributed by atoms with E-state index in [0.29, 0.717) is 6.61 Å². The molecule has 1 aromatic heterocycles. The van der Waals surface area contributed by atoms with Crippen LogP contribution >= 0.6 is 11.6 Å². The number of pyridine rings is 1. The smallest absolute Gasteiger partial charge is 0.325 e. The van der Waals surface area contributed by atoms with Gasteiger partial charge in [0.15, 0.2) is 11.6 Å². The lowest BCUT2D eigenvalue weighted by Gasteiger charge is -2.26. The van der Waals surface area contributed by atoms with Crippen LogP contribution < -0.4 is 4.90 Å². The Morgan fingerprint density at radius 1 is 1.61 bits per heavy atom. The van der Waals surface area contributed by atoms with Gasteiger partial charge in [0, 0.05) is 12.2 Å². The number of anilines is 1. The van der Waals surface area contributed by atoms with Gasteiger partial charge in [-0.2, -0.15) is 0 Å². The average Bonchev–Trinajstić information content (AvgIpc) is 2.27. The summed E-state index contributed by atoms with van der Waals surface area (Å²) in [5, 5.41) is 0.219. The first kappa shape index (κ1) is 14.7. The molecule has 0 bridgehead atoms. The zero-order valence-electron chi connectivity index (χ0n) is 10.6.